The van der Waals surface area contributed by atoms with Gasteiger partial charge in [-0.2, -0.15) is 0 Å². The van der Waals surface area contributed by atoms with E-state index in [1.54, 1.807) is 0 Å². The number of benzene rings is 1. The molecule has 0 fully saturated rings. The number of carbonyl (C=O) groups excluding carboxylic acids is 1. The number of hydrogen-bond donors (Lipinski definition) is 0. The molecule has 4 heteroatoms. The first-order valence-electron chi connectivity index (χ1n) is 6.13. The average Bonchev–Trinajstić information content (AvgIpc) is 2.39. The van der Waals surface area contributed by atoms with Crippen LogP contribution in [0.15, 0.2) is 30.3 Å². The molecule has 0 aliphatic heterocycles. The number of hydrogen-bond acceptors (Lipinski definition) is 3. The number of halogens is 1. The molecule has 1 aromatic carbocycles. The average molecular weight is 254 g/mol. The molecular weight excluding hydrogens is 235 g/mol. The smallest absolute Gasteiger partial charge is 0.306 e. The fraction of sp³-hybridized carbons (Fsp3) is 0.500. The third-order valence-corrected chi connectivity index (χ3v) is 2.34. The van der Waals surface area contributed by atoms with Gasteiger partial charge in [-0.25, -0.2) is 4.39 Å². The van der Waals surface area contributed by atoms with Crippen LogP contribution in [-0.4, -0.2) is 25.4 Å². The van der Waals surface area contributed by atoms with E-state index >= 15 is 0 Å². The molecule has 0 aliphatic rings. The SMILES string of the molecule is CCCC(=O)O[C@@H](CF)COCc1ccccc1. The maximum absolute atomic E-state index is 12.6. The van der Waals surface area contributed by atoms with E-state index in [1.807, 2.05) is 37.3 Å². The van der Waals surface area contributed by atoms with E-state index in [9.17, 15) is 9.18 Å². The van der Waals surface area contributed by atoms with Crippen molar-refractivity contribution < 1.29 is 18.7 Å². The highest BCUT2D eigenvalue weighted by Crippen LogP contribution is 2.04. The third kappa shape index (κ3) is 5.77. The van der Waals surface area contributed by atoms with Crippen LogP contribution in [0.5, 0.6) is 0 Å². The Labute approximate surface area is 107 Å². The number of rotatable bonds is 8. The molecule has 0 unspecified atom stereocenters. The largest absolute Gasteiger partial charge is 0.457 e. The number of carbonyl (C=O) groups is 1. The highest BCUT2D eigenvalue weighted by molar-refractivity contribution is 5.69. The third-order valence-electron chi connectivity index (χ3n) is 2.34. The topological polar surface area (TPSA) is 35.5 Å². The molecule has 0 saturated carbocycles. The van der Waals surface area contributed by atoms with Crippen LogP contribution in [0.2, 0.25) is 0 Å². The Balaban J connectivity index is 2.25. The zero-order valence-electron chi connectivity index (χ0n) is 10.6. The van der Waals surface area contributed by atoms with Crippen molar-refractivity contribution in [1.82, 2.24) is 0 Å². The predicted octanol–water partition coefficient (Wildman–Crippen LogP) is 2.88. The molecule has 0 bridgehead atoms. The van der Waals surface area contributed by atoms with Gasteiger partial charge in [0, 0.05) is 6.42 Å². The van der Waals surface area contributed by atoms with Crippen LogP contribution in [-0.2, 0) is 20.9 Å². The van der Waals surface area contributed by atoms with Crippen LogP contribution in [0.4, 0.5) is 4.39 Å². The van der Waals surface area contributed by atoms with Crippen molar-refractivity contribution in [2.45, 2.75) is 32.5 Å². The molecule has 0 saturated heterocycles. The van der Waals surface area contributed by atoms with Gasteiger partial charge < -0.3 is 9.47 Å². The second-order valence-electron chi connectivity index (χ2n) is 4.02. The first-order valence-corrected chi connectivity index (χ1v) is 6.13. The molecule has 0 aliphatic carbocycles. The standard InChI is InChI=1S/C14H19FO3/c1-2-6-14(16)18-13(9-15)11-17-10-12-7-4-3-5-8-12/h3-5,7-8,13H,2,6,9-11H2,1H3/t13-/m0/s1. The molecule has 0 aromatic heterocycles. The summed E-state index contributed by atoms with van der Waals surface area (Å²) in [6.07, 6.45) is 0.213. The molecular formula is C14H19FO3. The summed E-state index contributed by atoms with van der Waals surface area (Å²) in [4.78, 5) is 11.2. The van der Waals surface area contributed by atoms with Crippen LogP contribution in [0.1, 0.15) is 25.3 Å². The van der Waals surface area contributed by atoms with Gasteiger partial charge in [0.25, 0.3) is 0 Å². The lowest BCUT2D eigenvalue weighted by molar-refractivity contribution is -0.153. The fourth-order valence-corrected chi connectivity index (χ4v) is 1.44. The molecule has 0 N–H and O–H groups in total. The normalized spacial score (nSPS) is 12.1. The minimum absolute atomic E-state index is 0.0842. The van der Waals surface area contributed by atoms with Gasteiger partial charge in [-0.3, -0.25) is 4.79 Å². The van der Waals surface area contributed by atoms with Crippen molar-refractivity contribution in [3.8, 4) is 0 Å². The minimum atomic E-state index is -0.798. The van der Waals surface area contributed by atoms with E-state index in [-0.39, 0.29) is 12.6 Å². The van der Waals surface area contributed by atoms with Crippen LogP contribution in [0.25, 0.3) is 0 Å². The Morgan fingerprint density at radius 1 is 1.33 bits per heavy atom. The Morgan fingerprint density at radius 2 is 2.06 bits per heavy atom. The van der Waals surface area contributed by atoms with Gasteiger partial charge in [0.2, 0.25) is 0 Å². The summed E-state index contributed by atoms with van der Waals surface area (Å²) < 4.78 is 22.9. The van der Waals surface area contributed by atoms with E-state index in [0.29, 0.717) is 19.4 Å². The molecule has 3 nitrogen and oxygen atoms in total. The van der Waals surface area contributed by atoms with Gasteiger partial charge >= 0.3 is 5.97 Å². The van der Waals surface area contributed by atoms with Gasteiger partial charge in [-0.15, -0.1) is 0 Å². The van der Waals surface area contributed by atoms with E-state index in [4.69, 9.17) is 9.47 Å². The molecule has 18 heavy (non-hydrogen) atoms. The quantitative estimate of drug-likeness (QED) is 0.669. The van der Waals surface area contributed by atoms with E-state index in [2.05, 4.69) is 0 Å². The lowest BCUT2D eigenvalue weighted by Crippen LogP contribution is -2.25. The van der Waals surface area contributed by atoms with Crippen molar-refractivity contribution in [1.29, 1.82) is 0 Å². The van der Waals surface area contributed by atoms with E-state index in [1.165, 1.54) is 0 Å². The number of ether oxygens (including phenoxy) is 2. The highest BCUT2D eigenvalue weighted by Gasteiger charge is 2.13. The van der Waals surface area contributed by atoms with Crippen molar-refractivity contribution in [2.75, 3.05) is 13.3 Å². The molecule has 1 atom stereocenters. The second kappa shape index (κ2) is 8.64. The fourth-order valence-electron chi connectivity index (χ4n) is 1.44. The van der Waals surface area contributed by atoms with Crippen molar-refractivity contribution >= 4 is 5.97 Å². The Morgan fingerprint density at radius 3 is 2.67 bits per heavy atom. The lowest BCUT2D eigenvalue weighted by atomic mass is 10.2. The van der Waals surface area contributed by atoms with E-state index < -0.39 is 12.8 Å². The zero-order valence-corrected chi connectivity index (χ0v) is 10.6. The Kier molecular flexibility index (Phi) is 7.03. The van der Waals surface area contributed by atoms with Crippen molar-refractivity contribution in [3.05, 3.63) is 35.9 Å². The molecule has 1 aromatic rings. The van der Waals surface area contributed by atoms with Crippen molar-refractivity contribution in [2.24, 2.45) is 0 Å². The summed E-state index contributed by atoms with van der Waals surface area (Å²) in [7, 11) is 0. The molecule has 1 rings (SSSR count). The number of alkyl halides is 1. The summed E-state index contributed by atoms with van der Waals surface area (Å²) in [5, 5.41) is 0. The van der Waals surface area contributed by atoms with Gasteiger partial charge in [0.15, 0.2) is 6.10 Å². The van der Waals surface area contributed by atoms with Crippen LogP contribution in [0, 0.1) is 0 Å². The van der Waals surface area contributed by atoms with Gasteiger partial charge in [0.05, 0.1) is 13.2 Å². The Bertz CT molecular complexity index is 340. The molecule has 0 spiro atoms. The zero-order chi connectivity index (χ0) is 13.2. The monoisotopic (exact) mass is 254 g/mol. The second-order valence-corrected chi connectivity index (χ2v) is 4.02. The minimum Gasteiger partial charge on any atom is -0.457 e. The first kappa shape index (κ1) is 14.6. The maximum Gasteiger partial charge on any atom is 0.306 e. The van der Waals surface area contributed by atoms with Gasteiger partial charge in [-0.05, 0) is 12.0 Å². The number of esters is 1. The van der Waals surface area contributed by atoms with Crippen LogP contribution >= 0.6 is 0 Å². The highest BCUT2D eigenvalue weighted by atomic mass is 19.1. The van der Waals surface area contributed by atoms with Crippen LogP contribution in [0.3, 0.4) is 0 Å². The molecule has 100 valence electrons. The maximum atomic E-state index is 12.6. The summed E-state index contributed by atoms with van der Waals surface area (Å²) >= 11 is 0. The molecule has 0 heterocycles. The van der Waals surface area contributed by atoms with Crippen molar-refractivity contribution in [3.63, 3.8) is 0 Å². The van der Waals surface area contributed by atoms with Gasteiger partial charge in [-0.1, -0.05) is 37.3 Å². The lowest BCUT2D eigenvalue weighted by Gasteiger charge is -2.14. The Hall–Kier alpha value is -1.42. The summed E-state index contributed by atoms with van der Waals surface area (Å²) in [6.45, 7) is 1.63. The molecule has 0 radical (unpaired) electrons. The van der Waals surface area contributed by atoms with Gasteiger partial charge in [0.1, 0.15) is 6.67 Å². The first-order chi connectivity index (χ1) is 8.76. The van der Waals surface area contributed by atoms with E-state index in [0.717, 1.165) is 5.56 Å². The summed E-state index contributed by atoms with van der Waals surface area (Å²) in [5.41, 5.74) is 1.01. The summed E-state index contributed by atoms with van der Waals surface area (Å²) in [6, 6.07) is 9.58. The molecule has 0 amide bonds. The predicted molar refractivity (Wildman–Crippen MR) is 66.9 cm³/mol. The summed E-state index contributed by atoms with van der Waals surface area (Å²) in [5.74, 6) is -0.372. The van der Waals surface area contributed by atoms with Crippen LogP contribution < -0.4 is 0 Å².